The van der Waals surface area contributed by atoms with Gasteiger partial charge in [0.1, 0.15) is 11.6 Å². The molecular formula is C21H21ClN4. The molecule has 0 amide bonds. The van der Waals surface area contributed by atoms with Gasteiger partial charge >= 0.3 is 0 Å². The summed E-state index contributed by atoms with van der Waals surface area (Å²) < 4.78 is 4.45. The topological polar surface area (TPSA) is 35.6 Å². The SMILES string of the molecule is CCCn1c(Cn2cc(C)nc2-c2ccccc2)nc2ccc(Cl)cc21. The predicted molar refractivity (Wildman–Crippen MR) is 107 cm³/mol. The summed E-state index contributed by atoms with van der Waals surface area (Å²) in [6.45, 7) is 5.80. The second kappa shape index (κ2) is 6.96. The zero-order chi connectivity index (χ0) is 18.1. The summed E-state index contributed by atoms with van der Waals surface area (Å²) in [6, 6.07) is 16.2. The van der Waals surface area contributed by atoms with E-state index >= 15 is 0 Å². The molecule has 0 aliphatic rings. The van der Waals surface area contributed by atoms with Crippen LogP contribution in [0.3, 0.4) is 0 Å². The number of hydrogen-bond acceptors (Lipinski definition) is 2. The van der Waals surface area contributed by atoms with Crippen LogP contribution in [0, 0.1) is 6.92 Å². The van der Waals surface area contributed by atoms with E-state index in [-0.39, 0.29) is 0 Å². The number of aromatic nitrogens is 4. The Bertz CT molecular complexity index is 1050. The highest BCUT2D eigenvalue weighted by molar-refractivity contribution is 6.31. The summed E-state index contributed by atoms with van der Waals surface area (Å²) in [5.74, 6) is 2.00. The lowest BCUT2D eigenvalue weighted by Gasteiger charge is -2.11. The average molecular weight is 365 g/mol. The number of rotatable bonds is 5. The van der Waals surface area contributed by atoms with E-state index in [1.165, 1.54) is 0 Å². The van der Waals surface area contributed by atoms with E-state index in [9.17, 15) is 0 Å². The summed E-state index contributed by atoms with van der Waals surface area (Å²) in [4.78, 5) is 9.59. The van der Waals surface area contributed by atoms with Crippen molar-refractivity contribution in [3.63, 3.8) is 0 Å². The highest BCUT2D eigenvalue weighted by atomic mass is 35.5. The molecule has 0 aliphatic heterocycles. The zero-order valence-corrected chi connectivity index (χ0v) is 15.7. The fraction of sp³-hybridized carbons (Fsp3) is 0.238. The third-order valence-corrected chi connectivity index (χ3v) is 4.71. The fourth-order valence-electron chi connectivity index (χ4n) is 3.38. The quantitative estimate of drug-likeness (QED) is 0.480. The molecule has 4 rings (SSSR count). The molecule has 0 N–H and O–H groups in total. The van der Waals surface area contributed by atoms with Gasteiger partial charge in [-0.15, -0.1) is 0 Å². The Morgan fingerprint density at radius 3 is 2.62 bits per heavy atom. The lowest BCUT2D eigenvalue weighted by atomic mass is 10.2. The Balaban J connectivity index is 1.80. The van der Waals surface area contributed by atoms with Gasteiger partial charge in [-0.05, 0) is 31.5 Å². The standard InChI is InChI=1S/C21H21ClN4/c1-3-11-26-19-12-17(22)9-10-18(19)24-20(26)14-25-13-15(2)23-21(25)16-7-5-4-6-8-16/h4-10,12-13H,3,11,14H2,1-2H3. The largest absolute Gasteiger partial charge is 0.326 e. The number of imidazole rings is 2. The Kier molecular flexibility index (Phi) is 4.51. The maximum atomic E-state index is 6.21. The minimum Gasteiger partial charge on any atom is -0.326 e. The fourth-order valence-corrected chi connectivity index (χ4v) is 3.54. The molecule has 0 spiro atoms. The zero-order valence-electron chi connectivity index (χ0n) is 15.0. The Hall–Kier alpha value is -2.59. The average Bonchev–Trinajstić information content (AvgIpc) is 3.17. The molecule has 2 heterocycles. The molecular weight excluding hydrogens is 344 g/mol. The molecule has 0 atom stereocenters. The van der Waals surface area contributed by atoms with Crippen molar-refractivity contribution in [1.82, 2.24) is 19.1 Å². The molecule has 4 aromatic rings. The minimum atomic E-state index is 0.678. The van der Waals surface area contributed by atoms with E-state index in [1.807, 2.05) is 43.3 Å². The van der Waals surface area contributed by atoms with E-state index in [4.69, 9.17) is 21.6 Å². The number of fused-ring (bicyclic) bond motifs is 1. The molecule has 0 saturated heterocycles. The van der Waals surface area contributed by atoms with Gasteiger partial charge in [-0.1, -0.05) is 48.9 Å². The van der Waals surface area contributed by atoms with Gasteiger partial charge in [0.2, 0.25) is 0 Å². The van der Waals surface area contributed by atoms with Gasteiger partial charge in [0, 0.05) is 23.3 Å². The van der Waals surface area contributed by atoms with Gasteiger partial charge in [0.25, 0.3) is 0 Å². The molecule has 4 nitrogen and oxygen atoms in total. The predicted octanol–water partition coefficient (Wildman–Crippen LogP) is 5.32. The Morgan fingerprint density at radius 1 is 1.04 bits per heavy atom. The molecule has 0 aliphatic carbocycles. The van der Waals surface area contributed by atoms with Crippen LogP contribution >= 0.6 is 11.6 Å². The molecule has 2 aromatic heterocycles. The number of aryl methyl sites for hydroxylation is 2. The summed E-state index contributed by atoms with van der Waals surface area (Å²) in [5.41, 5.74) is 4.19. The summed E-state index contributed by atoms with van der Waals surface area (Å²) >= 11 is 6.21. The smallest absolute Gasteiger partial charge is 0.140 e. The highest BCUT2D eigenvalue weighted by Crippen LogP contribution is 2.24. The molecule has 0 fully saturated rings. The van der Waals surface area contributed by atoms with Crippen LogP contribution in [-0.2, 0) is 13.1 Å². The number of hydrogen-bond donors (Lipinski definition) is 0. The number of halogens is 1. The van der Waals surface area contributed by atoms with E-state index in [0.717, 1.165) is 51.9 Å². The Morgan fingerprint density at radius 2 is 1.85 bits per heavy atom. The van der Waals surface area contributed by atoms with Gasteiger partial charge in [0.15, 0.2) is 0 Å². The second-order valence-corrected chi connectivity index (χ2v) is 6.95. The van der Waals surface area contributed by atoms with Crippen LogP contribution in [0.5, 0.6) is 0 Å². The third-order valence-electron chi connectivity index (χ3n) is 4.48. The molecule has 26 heavy (non-hydrogen) atoms. The third kappa shape index (κ3) is 3.13. The van der Waals surface area contributed by atoms with Crippen LogP contribution < -0.4 is 0 Å². The molecule has 0 unspecified atom stereocenters. The van der Waals surface area contributed by atoms with Gasteiger partial charge < -0.3 is 9.13 Å². The normalized spacial score (nSPS) is 11.3. The monoisotopic (exact) mass is 364 g/mol. The molecule has 0 bridgehead atoms. The van der Waals surface area contributed by atoms with Crippen molar-refractivity contribution in [3.05, 3.63) is 71.3 Å². The van der Waals surface area contributed by atoms with Crippen molar-refractivity contribution in [1.29, 1.82) is 0 Å². The van der Waals surface area contributed by atoms with Crippen molar-refractivity contribution < 1.29 is 0 Å². The van der Waals surface area contributed by atoms with Gasteiger partial charge in [-0.3, -0.25) is 0 Å². The summed E-state index contributed by atoms with van der Waals surface area (Å²) in [7, 11) is 0. The first-order valence-corrected chi connectivity index (χ1v) is 9.27. The van der Waals surface area contributed by atoms with Crippen LogP contribution in [0.25, 0.3) is 22.4 Å². The van der Waals surface area contributed by atoms with E-state index in [2.05, 4.69) is 34.4 Å². The lowest BCUT2D eigenvalue weighted by Crippen LogP contribution is -2.09. The van der Waals surface area contributed by atoms with Crippen LogP contribution in [0.1, 0.15) is 24.9 Å². The molecule has 132 valence electrons. The maximum absolute atomic E-state index is 6.21. The van der Waals surface area contributed by atoms with Crippen LogP contribution in [0.2, 0.25) is 5.02 Å². The maximum Gasteiger partial charge on any atom is 0.140 e. The first kappa shape index (κ1) is 16.9. The summed E-state index contributed by atoms with van der Waals surface area (Å²) in [6.07, 6.45) is 3.13. The van der Waals surface area contributed by atoms with E-state index in [0.29, 0.717) is 6.54 Å². The number of benzene rings is 2. The molecule has 5 heteroatoms. The van der Waals surface area contributed by atoms with Crippen LogP contribution in [0.15, 0.2) is 54.7 Å². The first-order chi connectivity index (χ1) is 12.7. The van der Waals surface area contributed by atoms with Crippen molar-refractivity contribution in [3.8, 4) is 11.4 Å². The van der Waals surface area contributed by atoms with Gasteiger partial charge in [-0.25, -0.2) is 9.97 Å². The molecule has 2 aromatic carbocycles. The Labute approximate surface area is 158 Å². The van der Waals surface area contributed by atoms with E-state index < -0.39 is 0 Å². The molecule has 0 saturated carbocycles. The summed E-state index contributed by atoms with van der Waals surface area (Å²) in [5, 5.41) is 0.741. The van der Waals surface area contributed by atoms with Crippen molar-refractivity contribution in [2.24, 2.45) is 0 Å². The van der Waals surface area contributed by atoms with Crippen LogP contribution in [0.4, 0.5) is 0 Å². The van der Waals surface area contributed by atoms with Crippen molar-refractivity contribution in [2.75, 3.05) is 0 Å². The minimum absolute atomic E-state index is 0.678. The van der Waals surface area contributed by atoms with Crippen molar-refractivity contribution in [2.45, 2.75) is 33.4 Å². The lowest BCUT2D eigenvalue weighted by molar-refractivity contribution is 0.627. The van der Waals surface area contributed by atoms with Crippen LogP contribution in [-0.4, -0.2) is 19.1 Å². The van der Waals surface area contributed by atoms with Gasteiger partial charge in [-0.2, -0.15) is 0 Å². The number of nitrogens with zero attached hydrogens (tertiary/aromatic N) is 4. The van der Waals surface area contributed by atoms with E-state index in [1.54, 1.807) is 0 Å². The molecule has 0 radical (unpaired) electrons. The highest BCUT2D eigenvalue weighted by Gasteiger charge is 2.14. The van der Waals surface area contributed by atoms with Crippen molar-refractivity contribution >= 4 is 22.6 Å². The first-order valence-electron chi connectivity index (χ1n) is 8.89. The van der Waals surface area contributed by atoms with Gasteiger partial charge in [0.05, 0.1) is 23.3 Å². The second-order valence-electron chi connectivity index (χ2n) is 6.51.